The molecule has 0 aliphatic carbocycles. The largest absolute Gasteiger partial charge is 0.453 e. The summed E-state index contributed by atoms with van der Waals surface area (Å²) in [5.41, 5.74) is 2.50. The Kier molecular flexibility index (Phi) is 7.05. The van der Waals surface area contributed by atoms with E-state index < -0.39 is 15.7 Å². The van der Waals surface area contributed by atoms with Gasteiger partial charge in [0, 0.05) is 54.0 Å². The number of aryl methyl sites for hydroxylation is 1. The van der Waals surface area contributed by atoms with Crippen molar-refractivity contribution in [2.45, 2.75) is 30.6 Å². The lowest BCUT2D eigenvalue weighted by Crippen LogP contribution is -2.05. The van der Waals surface area contributed by atoms with Crippen molar-refractivity contribution in [3.63, 3.8) is 0 Å². The Balaban J connectivity index is 1.45. The normalized spacial score (nSPS) is 12.5. The molecule has 0 aliphatic heterocycles. The fourth-order valence-corrected chi connectivity index (χ4v) is 5.66. The van der Waals surface area contributed by atoms with Gasteiger partial charge in [0.05, 0.1) is 11.4 Å². The van der Waals surface area contributed by atoms with E-state index >= 15 is 8.78 Å². The van der Waals surface area contributed by atoms with E-state index in [2.05, 4.69) is 10.1 Å². The van der Waals surface area contributed by atoms with E-state index in [1.807, 2.05) is 6.92 Å². The summed E-state index contributed by atoms with van der Waals surface area (Å²) in [6.45, 7) is 1.85. The van der Waals surface area contributed by atoms with Gasteiger partial charge in [-0.15, -0.1) is 0 Å². The predicted molar refractivity (Wildman–Crippen MR) is 143 cm³/mol. The molecule has 1 atom stereocenters. The van der Waals surface area contributed by atoms with Crippen molar-refractivity contribution in [2.24, 2.45) is 0 Å². The summed E-state index contributed by atoms with van der Waals surface area (Å²) < 4.78 is 62.6. The third-order valence-corrected chi connectivity index (χ3v) is 7.70. The number of carbonyl (C=O) groups excluding carboxylic acids is 1. The number of aromatic nitrogens is 3. The monoisotopic (exact) mass is 549 g/mol. The van der Waals surface area contributed by atoms with Crippen molar-refractivity contribution >= 4 is 27.0 Å². The highest BCUT2D eigenvalue weighted by Crippen LogP contribution is 2.38. The van der Waals surface area contributed by atoms with Crippen LogP contribution in [-0.2, 0) is 21.1 Å². The number of H-pyrrole nitrogens is 1. The summed E-state index contributed by atoms with van der Waals surface area (Å²) in [5.74, 6) is -1.70. The van der Waals surface area contributed by atoms with Crippen LogP contribution in [0.5, 0.6) is 11.5 Å². The van der Waals surface area contributed by atoms with Crippen molar-refractivity contribution in [2.75, 3.05) is 6.26 Å². The molecule has 3 aromatic carbocycles. The summed E-state index contributed by atoms with van der Waals surface area (Å²) in [7, 11) is -3.83. The van der Waals surface area contributed by atoms with E-state index in [1.54, 1.807) is 65.5 Å². The maximum atomic E-state index is 15.1. The van der Waals surface area contributed by atoms with E-state index in [9.17, 15) is 13.2 Å². The van der Waals surface area contributed by atoms with Crippen LogP contribution in [0.15, 0.2) is 78.0 Å². The van der Waals surface area contributed by atoms with E-state index in [4.69, 9.17) is 4.74 Å². The summed E-state index contributed by atoms with van der Waals surface area (Å²) in [6, 6.07) is 16.3. The number of aromatic amines is 1. The Morgan fingerprint density at radius 1 is 1.10 bits per heavy atom. The number of sulfone groups is 1. The lowest BCUT2D eigenvalue weighted by molar-refractivity contribution is -0.107. The van der Waals surface area contributed by atoms with Gasteiger partial charge in [-0.1, -0.05) is 31.2 Å². The first-order valence-corrected chi connectivity index (χ1v) is 14.1. The van der Waals surface area contributed by atoms with Gasteiger partial charge in [0.25, 0.3) is 0 Å². The molecule has 0 aliphatic rings. The van der Waals surface area contributed by atoms with Crippen LogP contribution < -0.4 is 4.74 Å². The molecule has 39 heavy (non-hydrogen) atoms. The van der Waals surface area contributed by atoms with Gasteiger partial charge < -0.3 is 14.5 Å². The molecular weight excluding hydrogens is 524 g/mol. The van der Waals surface area contributed by atoms with Crippen molar-refractivity contribution in [3.05, 3.63) is 102 Å². The third kappa shape index (κ3) is 5.20. The van der Waals surface area contributed by atoms with Crippen LogP contribution in [0.2, 0.25) is 0 Å². The highest BCUT2D eigenvalue weighted by atomic mass is 32.2. The molecule has 0 fully saturated rings. The number of halogens is 2. The molecule has 0 amide bonds. The first kappa shape index (κ1) is 26.3. The first-order chi connectivity index (χ1) is 18.7. The second kappa shape index (κ2) is 10.5. The van der Waals surface area contributed by atoms with Crippen LogP contribution >= 0.6 is 0 Å². The standard InChI is InChI=1S/C29H25F2N3O4S/c1-18(22-10-3-6-19(27(22)31)7-5-15-35)25-12-14-34(33-25)20-8-4-9-21(16-20)38-28-24(30)17-26-23(11-13-32-26)29(28)39(2,36)37/h3-4,6,8-18,32H,5,7H2,1-2H3. The van der Waals surface area contributed by atoms with Gasteiger partial charge in [0.15, 0.2) is 21.4 Å². The van der Waals surface area contributed by atoms with Crippen LogP contribution in [0, 0.1) is 11.6 Å². The number of nitrogens with one attached hydrogen (secondary N) is 1. The van der Waals surface area contributed by atoms with E-state index in [0.717, 1.165) is 12.5 Å². The molecule has 0 bridgehead atoms. The SMILES string of the molecule is CC(c1ccn(-c2cccc(Oc3c(F)cc4[nH]ccc4c3S(C)(=O)=O)c2)n1)c1cccc(CCC=O)c1F. The molecule has 1 unspecified atom stereocenters. The summed E-state index contributed by atoms with van der Waals surface area (Å²) in [5, 5.41) is 4.94. The van der Waals surface area contributed by atoms with E-state index in [1.165, 1.54) is 12.3 Å². The second-order valence-electron chi connectivity index (χ2n) is 9.26. The van der Waals surface area contributed by atoms with Gasteiger partial charge in [-0.05, 0) is 41.8 Å². The molecule has 0 saturated carbocycles. The molecule has 0 radical (unpaired) electrons. The fourth-order valence-electron chi connectivity index (χ4n) is 4.61. The number of aldehydes is 1. The average Bonchev–Trinajstić information content (AvgIpc) is 3.57. The topological polar surface area (TPSA) is 94.1 Å². The zero-order chi connectivity index (χ0) is 27.7. The first-order valence-electron chi connectivity index (χ1n) is 12.2. The zero-order valence-electron chi connectivity index (χ0n) is 21.2. The van der Waals surface area contributed by atoms with Gasteiger partial charge in [0.1, 0.15) is 22.7 Å². The molecule has 0 spiro atoms. The maximum Gasteiger partial charge on any atom is 0.182 e. The number of carbonyl (C=O) groups is 1. The van der Waals surface area contributed by atoms with Crippen LogP contribution in [0.3, 0.4) is 0 Å². The van der Waals surface area contributed by atoms with Gasteiger partial charge in [-0.2, -0.15) is 5.10 Å². The Morgan fingerprint density at radius 3 is 2.67 bits per heavy atom. The lowest BCUT2D eigenvalue weighted by Gasteiger charge is -2.14. The second-order valence-corrected chi connectivity index (χ2v) is 11.2. The van der Waals surface area contributed by atoms with Crippen LogP contribution in [-0.4, -0.2) is 35.7 Å². The minimum Gasteiger partial charge on any atom is -0.453 e. The summed E-state index contributed by atoms with van der Waals surface area (Å²) in [6.07, 6.45) is 5.60. The molecule has 0 saturated heterocycles. The molecule has 7 nitrogen and oxygen atoms in total. The van der Waals surface area contributed by atoms with E-state index in [-0.39, 0.29) is 34.6 Å². The van der Waals surface area contributed by atoms with E-state index in [0.29, 0.717) is 39.8 Å². The summed E-state index contributed by atoms with van der Waals surface area (Å²) >= 11 is 0. The fraction of sp³-hybridized carbons (Fsp3) is 0.172. The van der Waals surface area contributed by atoms with Gasteiger partial charge in [-0.3, -0.25) is 0 Å². The van der Waals surface area contributed by atoms with Crippen molar-refractivity contribution < 1.29 is 26.7 Å². The number of benzene rings is 3. The van der Waals surface area contributed by atoms with Gasteiger partial charge >= 0.3 is 0 Å². The molecular formula is C29H25F2N3O4S. The minimum atomic E-state index is -3.83. The Labute approximate surface area is 224 Å². The highest BCUT2D eigenvalue weighted by molar-refractivity contribution is 7.91. The predicted octanol–water partition coefficient (Wildman–Crippen LogP) is 6.11. The molecule has 5 rings (SSSR count). The Hall–Kier alpha value is -4.31. The van der Waals surface area contributed by atoms with Crippen LogP contribution in [0.4, 0.5) is 8.78 Å². The zero-order valence-corrected chi connectivity index (χ0v) is 22.0. The number of nitrogens with zero attached hydrogens (tertiary/aromatic N) is 2. The lowest BCUT2D eigenvalue weighted by atomic mass is 9.94. The Morgan fingerprint density at radius 2 is 1.90 bits per heavy atom. The number of fused-ring (bicyclic) bond motifs is 1. The van der Waals surface area contributed by atoms with Crippen molar-refractivity contribution in [3.8, 4) is 17.2 Å². The Bertz CT molecular complexity index is 1790. The van der Waals surface area contributed by atoms with Crippen molar-refractivity contribution in [1.29, 1.82) is 0 Å². The number of hydrogen-bond acceptors (Lipinski definition) is 5. The average molecular weight is 550 g/mol. The highest BCUT2D eigenvalue weighted by Gasteiger charge is 2.24. The molecule has 5 aromatic rings. The van der Waals surface area contributed by atoms with Crippen LogP contribution in [0.25, 0.3) is 16.6 Å². The molecule has 10 heteroatoms. The number of hydrogen-bond donors (Lipinski definition) is 1. The third-order valence-electron chi connectivity index (χ3n) is 6.55. The molecule has 2 heterocycles. The van der Waals surface area contributed by atoms with Gasteiger partial charge in [0.2, 0.25) is 0 Å². The van der Waals surface area contributed by atoms with Crippen LogP contribution in [0.1, 0.15) is 36.1 Å². The van der Waals surface area contributed by atoms with Gasteiger partial charge in [-0.25, -0.2) is 21.9 Å². The summed E-state index contributed by atoms with van der Waals surface area (Å²) in [4.78, 5) is 13.3. The smallest absolute Gasteiger partial charge is 0.182 e. The molecule has 200 valence electrons. The van der Waals surface area contributed by atoms with Crippen molar-refractivity contribution in [1.82, 2.24) is 14.8 Å². The number of ether oxygens (including phenoxy) is 1. The quantitative estimate of drug-likeness (QED) is 0.224. The maximum absolute atomic E-state index is 15.1. The molecule has 2 aromatic heterocycles. The minimum absolute atomic E-state index is 0.213. The number of rotatable bonds is 9. The molecule has 1 N–H and O–H groups in total.